The molecule has 0 amide bonds. The van der Waals surface area contributed by atoms with Crippen LogP contribution < -0.4 is 22.0 Å². The second-order valence-electron chi connectivity index (χ2n) is 5.80. The average molecular weight is 476 g/mol. The van der Waals surface area contributed by atoms with Gasteiger partial charge >= 0.3 is 6.15 Å². The summed E-state index contributed by atoms with van der Waals surface area (Å²) >= 11 is 3.40. The van der Waals surface area contributed by atoms with Gasteiger partial charge in [0.1, 0.15) is 6.04 Å². The molecule has 9 heteroatoms. The zero-order valence-electron chi connectivity index (χ0n) is 14.9. The Bertz CT molecular complexity index is 931. The number of nitrogens with two attached hydrogens (primary N) is 1. The molecule has 2 aromatic rings. The van der Waals surface area contributed by atoms with Crippen molar-refractivity contribution < 1.29 is 35.7 Å². The number of benzene rings is 2. The minimum Gasteiger partial charge on any atom is -1.00 e. The molecule has 1 heterocycles. The summed E-state index contributed by atoms with van der Waals surface area (Å²) in [5.74, 6) is 0. The number of para-hydroxylation sites is 1. The number of sulfonamides is 1. The summed E-state index contributed by atoms with van der Waals surface area (Å²) < 4.78 is 28.3. The fourth-order valence-electron chi connectivity index (χ4n) is 3.06. The van der Waals surface area contributed by atoms with Gasteiger partial charge in [-0.2, -0.15) is 9.59 Å². The second kappa shape index (κ2) is 10.0. The smallest absolute Gasteiger partial charge is 0.373 e. The van der Waals surface area contributed by atoms with Crippen LogP contribution in [0.1, 0.15) is 30.5 Å². The Hall–Kier alpha value is -1.70. The van der Waals surface area contributed by atoms with Crippen LogP contribution in [0.15, 0.2) is 51.8 Å². The summed E-state index contributed by atoms with van der Waals surface area (Å²) in [5.41, 5.74) is 2.63. The molecule has 0 spiro atoms. The van der Waals surface area contributed by atoms with Crippen LogP contribution in [0.3, 0.4) is 0 Å². The van der Waals surface area contributed by atoms with Crippen molar-refractivity contribution in [1.82, 2.24) is 0 Å². The first-order valence-electron chi connectivity index (χ1n) is 8.08. The summed E-state index contributed by atoms with van der Waals surface area (Å²) in [6, 6.07) is 13.3. The molecule has 27 heavy (non-hydrogen) atoms. The Morgan fingerprint density at radius 2 is 1.78 bits per heavy atom. The number of halogens is 2. The van der Waals surface area contributed by atoms with E-state index in [9.17, 15) is 8.42 Å². The van der Waals surface area contributed by atoms with Crippen LogP contribution in [0.5, 0.6) is 0 Å². The Kier molecular flexibility index (Phi) is 8.65. The minimum atomic E-state index is -3.57. The molecular weight excluding hydrogens is 456 g/mol. The third-order valence-corrected chi connectivity index (χ3v) is 6.57. The molecule has 6 nitrogen and oxygen atoms in total. The quantitative estimate of drug-likeness (QED) is 0.621. The highest BCUT2D eigenvalue weighted by atomic mass is 79.9. The zero-order chi connectivity index (χ0) is 19.3. The highest BCUT2D eigenvalue weighted by Crippen LogP contribution is 2.39. The summed E-state index contributed by atoms with van der Waals surface area (Å²) in [6.07, 6.45) is 1.28. The van der Waals surface area contributed by atoms with Crippen LogP contribution in [0.4, 0.5) is 5.69 Å². The van der Waals surface area contributed by atoms with Crippen LogP contribution in [0, 0.1) is 0 Å². The van der Waals surface area contributed by atoms with Gasteiger partial charge in [-0.15, -0.1) is 0 Å². The van der Waals surface area contributed by atoms with Gasteiger partial charge in [-0.1, -0.05) is 47.1 Å². The Morgan fingerprint density at radius 1 is 1.15 bits per heavy atom. The van der Waals surface area contributed by atoms with Gasteiger partial charge in [-0.3, -0.25) is 4.31 Å². The highest BCUT2D eigenvalue weighted by molar-refractivity contribution is 9.10. The number of carbonyl (C=O) groups excluding carboxylic acids is 2. The average Bonchev–Trinajstić information content (AvgIpc) is 2.68. The molecule has 0 saturated carbocycles. The summed E-state index contributed by atoms with van der Waals surface area (Å²) in [6.45, 7) is 3.07. The van der Waals surface area contributed by atoms with Crippen LogP contribution in [-0.2, 0) is 19.6 Å². The van der Waals surface area contributed by atoms with E-state index in [1.165, 1.54) is 4.31 Å². The zero-order valence-corrected chi connectivity index (χ0v) is 18.0. The van der Waals surface area contributed by atoms with Gasteiger partial charge in [0, 0.05) is 22.6 Å². The van der Waals surface area contributed by atoms with Gasteiger partial charge in [0.05, 0.1) is 17.1 Å². The molecule has 1 aliphatic heterocycles. The molecule has 2 N–H and O–H groups in total. The maximum atomic E-state index is 13.0. The fraction of sp³-hybridized carbons (Fsp3) is 0.278. The topological polar surface area (TPSA) is 88.1 Å². The lowest BCUT2D eigenvalue weighted by Crippen LogP contribution is -3.00. The SMILES string of the molecule is CCC[NH2+]C1c2ccccc2N(C)S(=O)(=O)c2cc(Br)ccc21.O=C=O.[Cl-]. The van der Waals surface area contributed by atoms with Gasteiger partial charge in [-0.25, -0.2) is 8.42 Å². The summed E-state index contributed by atoms with van der Waals surface area (Å²) in [5, 5.41) is 2.22. The molecule has 3 rings (SSSR count). The monoisotopic (exact) mass is 474 g/mol. The standard InChI is InChI=1S/C17H19BrN2O2S.CO2.ClH/c1-3-10-19-17-13-6-4-5-7-15(13)20(2)23(21,22)16-11-12(18)8-9-14(16)17;2-1-3;/h4-9,11,17,19H,3,10H2,1-2H3;;1H. The third-order valence-electron chi connectivity index (χ3n) is 4.25. The molecule has 1 aliphatic rings. The number of anilines is 1. The van der Waals surface area contributed by atoms with Gasteiger partial charge in [0.15, 0.2) is 0 Å². The molecule has 0 bridgehead atoms. The van der Waals surface area contributed by atoms with E-state index in [0.29, 0.717) is 4.90 Å². The predicted octanol–water partition coefficient (Wildman–Crippen LogP) is -0.929. The Morgan fingerprint density at radius 3 is 2.41 bits per heavy atom. The van der Waals surface area contributed by atoms with Crippen molar-refractivity contribution in [3.05, 3.63) is 58.1 Å². The predicted molar refractivity (Wildman–Crippen MR) is 100 cm³/mol. The Balaban J connectivity index is 0.000000855. The molecule has 1 atom stereocenters. The summed E-state index contributed by atoms with van der Waals surface area (Å²) in [7, 11) is -1.94. The molecule has 0 aromatic heterocycles. The summed E-state index contributed by atoms with van der Waals surface area (Å²) in [4.78, 5) is 16.6. The van der Waals surface area contributed by atoms with Gasteiger partial charge in [0.2, 0.25) is 0 Å². The van der Waals surface area contributed by atoms with Crippen LogP contribution >= 0.6 is 15.9 Å². The van der Waals surface area contributed by atoms with E-state index in [1.54, 1.807) is 13.1 Å². The van der Waals surface area contributed by atoms with Crippen molar-refractivity contribution in [2.24, 2.45) is 0 Å². The Labute approximate surface area is 173 Å². The number of hydrogen-bond acceptors (Lipinski definition) is 4. The van der Waals surface area contributed by atoms with E-state index in [-0.39, 0.29) is 24.6 Å². The van der Waals surface area contributed by atoms with Crippen LogP contribution in [-0.4, -0.2) is 28.2 Å². The third kappa shape index (κ3) is 4.78. The first kappa shape index (κ1) is 23.3. The maximum absolute atomic E-state index is 13.0. The van der Waals surface area contributed by atoms with Crippen molar-refractivity contribution in [2.75, 3.05) is 17.9 Å². The van der Waals surface area contributed by atoms with Crippen molar-refractivity contribution in [2.45, 2.75) is 24.3 Å². The highest BCUT2D eigenvalue weighted by Gasteiger charge is 2.36. The van der Waals surface area contributed by atoms with Crippen molar-refractivity contribution >= 4 is 37.8 Å². The number of fused-ring (bicyclic) bond motifs is 2. The largest absolute Gasteiger partial charge is 1.00 e. The van der Waals surface area contributed by atoms with E-state index in [4.69, 9.17) is 9.59 Å². The molecule has 0 fully saturated rings. The molecule has 1 unspecified atom stereocenters. The number of nitrogens with zero attached hydrogens (tertiary/aromatic N) is 1. The lowest BCUT2D eigenvalue weighted by Gasteiger charge is -2.20. The molecule has 146 valence electrons. The molecule has 0 radical (unpaired) electrons. The fourth-order valence-corrected chi connectivity index (χ4v) is 5.06. The van der Waals surface area contributed by atoms with E-state index >= 15 is 0 Å². The van der Waals surface area contributed by atoms with Crippen LogP contribution in [0.25, 0.3) is 0 Å². The van der Waals surface area contributed by atoms with Crippen LogP contribution in [0.2, 0.25) is 0 Å². The van der Waals surface area contributed by atoms with Gasteiger partial charge in [0.25, 0.3) is 10.0 Å². The number of hydrogen-bond donors (Lipinski definition) is 1. The molecule has 0 saturated heterocycles. The number of quaternary nitrogens is 1. The van der Waals surface area contributed by atoms with E-state index < -0.39 is 10.0 Å². The lowest BCUT2D eigenvalue weighted by molar-refractivity contribution is -0.687. The number of rotatable bonds is 3. The van der Waals surface area contributed by atoms with Gasteiger partial charge < -0.3 is 17.7 Å². The normalized spacial score (nSPS) is 16.4. The van der Waals surface area contributed by atoms with E-state index in [2.05, 4.69) is 28.2 Å². The van der Waals surface area contributed by atoms with E-state index in [0.717, 1.165) is 34.3 Å². The maximum Gasteiger partial charge on any atom is 0.373 e. The molecular formula is C18H20BrClN2O4S. The van der Waals surface area contributed by atoms with Crippen molar-refractivity contribution in [3.63, 3.8) is 0 Å². The van der Waals surface area contributed by atoms with E-state index in [1.807, 2.05) is 36.4 Å². The first-order chi connectivity index (χ1) is 12.4. The van der Waals surface area contributed by atoms with Crippen molar-refractivity contribution in [3.8, 4) is 0 Å². The molecule has 0 aliphatic carbocycles. The first-order valence-corrected chi connectivity index (χ1v) is 10.3. The second-order valence-corrected chi connectivity index (χ2v) is 8.65. The molecule has 2 aromatic carbocycles. The van der Waals surface area contributed by atoms with Gasteiger partial charge in [-0.05, 0) is 24.6 Å². The lowest BCUT2D eigenvalue weighted by atomic mass is 9.97. The minimum absolute atomic E-state index is 0. The van der Waals surface area contributed by atoms with Crippen molar-refractivity contribution in [1.29, 1.82) is 0 Å².